The summed E-state index contributed by atoms with van der Waals surface area (Å²) in [6, 6.07) is 7.22. The van der Waals surface area contributed by atoms with E-state index in [-0.39, 0.29) is 6.42 Å². The summed E-state index contributed by atoms with van der Waals surface area (Å²) in [5.74, 6) is -1.20. The maximum Gasteiger partial charge on any atom is 0.332 e. The van der Waals surface area contributed by atoms with Crippen LogP contribution in [0.2, 0.25) is 0 Å². The number of benzene rings is 1. The fourth-order valence-electron chi connectivity index (χ4n) is 0.960. The van der Waals surface area contributed by atoms with Crippen LogP contribution in [-0.2, 0) is 11.2 Å². The average Bonchev–Trinajstić information content (AvgIpc) is 2.08. The molecule has 0 aliphatic heterocycles. The number of aliphatic carboxylic acids is 1. The largest absolute Gasteiger partial charge is 0.479 e. The summed E-state index contributed by atoms with van der Waals surface area (Å²) in [5.41, 5.74) is 0.789. The minimum Gasteiger partial charge on any atom is -0.479 e. The number of hydrogen-bond donors (Lipinski definition) is 2. The lowest BCUT2D eigenvalue weighted by atomic mass is 10.1. The highest BCUT2D eigenvalue weighted by molar-refractivity contribution is 9.10. The van der Waals surface area contributed by atoms with Crippen LogP contribution >= 0.6 is 15.9 Å². The smallest absolute Gasteiger partial charge is 0.332 e. The molecule has 0 aliphatic carbocycles. The number of aliphatic hydroxyl groups is 1. The van der Waals surface area contributed by atoms with E-state index in [0.717, 1.165) is 10.0 Å². The molecular weight excluding hydrogens is 236 g/mol. The highest BCUT2D eigenvalue weighted by Crippen LogP contribution is 2.17. The summed E-state index contributed by atoms with van der Waals surface area (Å²) in [6.07, 6.45) is -1.21. The molecule has 0 bridgehead atoms. The van der Waals surface area contributed by atoms with Crippen LogP contribution in [0.25, 0.3) is 0 Å². The van der Waals surface area contributed by atoms with Crippen molar-refractivity contribution in [2.75, 3.05) is 0 Å². The molecule has 4 heteroatoms. The van der Waals surface area contributed by atoms with Crippen molar-refractivity contribution in [3.8, 4) is 0 Å². The normalized spacial score (nSPS) is 12.5. The Labute approximate surface area is 84.1 Å². The molecule has 70 valence electrons. The SMILES string of the molecule is O=C(O)C(O)Cc1ccccc1Br. The Morgan fingerprint density at radius 3 is 2.62 bits per heavy atom. The molecule has 0 aromatic heterocycles. The van der Waals surface area contributed by atoms with Crippen LogP contribution in [0.4, 0.5) is 0 Å². The van der Waals surface area contributed by atoms with Gasteiger partial charge in [-0.2, -0.15) is 0 Å². The summed E-state index contributed by atoms with van der Waals surface area (Å²) in [4.78, 5) is 10.3. The second-order valence-corrected chi connectivity index (χ2v) is 3.50. The maximum atomic E-state index is 10.3. The van der Waals surface area contributed by atoms with E-state index in [1.807, 2.05) is 12.1 Å². The molecule has 0 radical (unpaired) electrons. The van der Waals surface area contributed by atoms with Crippen molar-refractivity contribution in [1.82, 2.24) is 0 Å². The molecule has 0 saturated carbocycles. The molecule has 2 N–H and O–H groups in total. The first-order valence-corrected chi connectivity index (χ1v) is 4.55. The highest BCUT2D eigenvalue weighted by atomic mass is 79.9. The molecule has 0 saturated heterocycles. The highest BCUT2D eigenvalue weighted by Gasteiger charge is 2.14. The van der Waals surface area contributed by atoms with Crippen LogP contribution in [0.1, 0.15) is 5.56 Å². The van der Waals surface area contributed by atoms with Crippen LogP contribution in [0.15, 0.2) is 28.7 Å². The summed E-state index contributed by atoms with van der Waals surface area (Å²) < 4.78 is 0.815. The fourth-order valence-corrected chi connectivity index (χ4v) is 1.41. The molecule has 1 rings (SSSR count). The lowest BCUT2D eigenvalue weighted by Gasteiger charge is -2.06. The molecule has 0 aliphatic rings. The number of carbonyl (C=O) groups is 1. The van der Waals surface area contributed by atoms with E-state index in [9.17, 15) is 4.79 Å². The molecule has 1 aromatic carbocycles. The second kappa shape index (κ2) is 4.39. The van der Waals surface area contributed by atoms with Gasteiger partial charge in [-0.3, -0.25) is 0 Å². The van der Waals surface area contributed by atoms with Gasteiger partial charge in [0.25, 0.3) is 0 Å². The van der Waals surface area contributed by atoms with Crippen molar-refractivity contribution in [2.24, 2.45) is 0 Å². The van der Waals surface area contributed by atoms with Gasteiger partial charge in [-0.05, 0) is 11.6 Å². The topological polar surface area (TPSA) is 57.5 Å². The number of aliphatic hydroxyl groups excluding tert-OH is 1. The number of carboxylic acids is 1. The van der Waals surface area contributed by atoms with E-state index in [0.29, 0.717) is 0 Å². The van der Waals surface area contributed by atoms with E-state index < -0.39 is 12.1 Å². The molecule has 1 aromatic rings. The Morgan fingerprint density at radius 2 is 2.08 bits per heavy atom. The molecular formula is C9H9BrO3. The van der Waals surface area contributed by atoms with Gasteiger partial charge in [-0.15, -0.1) is 0 Å². The van der Waals surface area contributed by atoms with Crippen molar-refractivity contribution < 1.29 is 15.0 Å². The van der Waals surface area contributed by atoms with Gasteiger partial charge in [0.05, 0.1) is 0 Å². The summed E-state index contributed by atoms with van der Waals surface area (Å²) in [5, 5.41) is 17.6. The van der Waals surface area contributed by atoms with Crippen LogP contribution < -0.4 is 0 Å². The molecule has 0 fully saturated rings. The van der Waals surface area contributed by atoms with Crippen molar-refractivity contribution >= 4 is 21.9 Å². The average molecular weight is 245 g/mol. The molecule has 3 nitrogen and oxygen atoms in total. The Hall–Kier alpha value is -0.870. The lowest BCUT2D eigenvalue weighted by Crippen LogP contribution is -2.22. The quantitative estimate of drug-likeness (QED) is 0.847. The summed E-state index contributed by atoms with van der Waals surface area (Å²) in [7, 11) is 0. The monoisotopic (exact) mass is 244 g/mol. The predicted octanol–water partition coefficient (Wildman–Crippen LogP) is 1.44. The Morgan fingerprint density at radius 1 is 1.46 bits per heavy atom. The second-order valence-electron chi connectivity index (χ2n) is 2.65. The van der Waals surface area contributed by atoms with Gasteiger partial charge >= 0.3 is 5.97 Å². The van der Waals surface area contributed by atoms with Gasteiger partial charge in [0.2, 0.25) is 0 Å². The number of rotatable bonds is 3. The lowest BCUT2D eigenvalue weighted by molar-refractivity contribution is -0.146. The molecule has 1 atom stereocenters. The van der Waals surface area contributed by atoms with Gasteiger partial charge in [0.1, 0.15) is 0 Å². The Kier molecular flexibility index (Phi) is 3.45. The third kappa shape index (κ3) is 2.82. The third-order valence-corrected chi connectivity index (χ3v) is 2.43. The molecule has 0 spiro atoms. The molecule has 13 heavy (non-hydrogen) atoms. The van der Waals surface area contributed by atoms with E-state index in [2.05, 4.69) is 15.9 Å². The van der Waals surface area contributed by atoms with Crippen molar-refractivity contribution in [3.05, 3.63) is 34.3 Å². The number of hydrogen-bond acceptors (Lipinski definition) is 2. The maximum absolute atomic E-state index is 10.3. The van der Waals surface area contributed by atoms with E-state index in [4.69, 9.17) is 10.2 Å². The van der Waals surface area contributed by atoms with Crippen molar-refractivity contribution in [3.63, 3.8) is 0 Å². The van der Waals surface area contributed by atoms with Gasteiger partial charge in [0, 0.05) is 10.9 Å². The van der Waals surface area contributed by atoms with Crippen LogP contribution in [0.3, 0.4) is 0 Å². The molecule has 1 unspecified atom stereocenters. The van der Waals surface area contributed by atoms with E-state index >= 15 is 0 Å². The van der Waals surface area contributed by atoms with Crippen LogP contribution in [-0.4, -0.2) is 22.3 Å². The van der Waals surface area contributed by atoms with Crippen molar-refractivity contribution in [1.29, 1.82) is 0 Å². The Balaban J connectivity index is 2.74. The summed E-state index contributed by atoms with van der Waals surface area (Å²) in [6.45, 7) is 0. The zero-order valence-electron chi connectivity index (χ0n) is 6.77. The predicted molar refractivity (Wildman–Crippen MR) is 51.5 cm³/mol. The number of carboxylic acid groups (broad SMARTS) is 1. The van der Waals surface area contributed by atoms with Gasteiger partial charge in [-0.1, -0.05) is 34.1 Å². The first-order chi connectivity index (χ1) is 6.11. The third-order valence-electron chi connectivity index (χ3n) is 1.66. The minimum absolute atomic E-state index is 0.122. The molecule has 0 heterocycles. The summed E-state index contributed by atoms with van der Waals surface area (Å²) >= 11 is 3.27. The van der Waals surface area contributed by atoms with Gasteiger partial charge < -0.3 is 10.2 Å². The molecule has 0 amide bonds. The van der Waals surface area contributed by atoms with E-state index in [1.54, 1.807) is 12.1 Å². The first-order valence-electron chi connectivity index (χ1n) is 3.75. The first kappa shape index (κ1) is 10.2. The van der Waals surface area contributed by atoms with Gasteiger partial charge in [-0.25, -0.2) is 4.79 Å². The standard InChI is InChI=1S/C9H9BrO3/c10-7-4-2-1-3-6(7)5-8(11)9(12)13/h1-4,8,11H,5H2,(H,12,13). The Bertz CT molecular complexity index is 311. The zero-order valence-corrected chi connectivity index (χ0v) is 8.36. The fraction of sp³-hybridized carbons (Fsp3) is 0.222. The van der Waals surface area contributed by atoms with E-state index in [1.165, 1.54) is 0 Å². The van der Waals surface area contributed by atoms with Crippen LogP contribution in [0, 0.1) is 0 Å². The van der Waals surface area contributed by atoms with Gasteiger partial charge in [0.15, 0.2) is 6.10 Å². The van der Waals surface area contributed by atoms with Crippen molar-refractivity contribution in [2.45, 2.75) is 12.5 Å². The minimum atomic E-state index is -1.33. The zero-order chi connectivity index (χ0) is 9.84. The number of halogens is 1. The van der Waals surface area contributed by atoms with Crippen LogP contribution in [0.5, 0.6) is 0 Å².